The lowest BCUT2D eigenvalue weighted by molar-refractivity contribution is 0.351. The summed E-state index contributed by atoms with van der Waals surface area (Å²) in [5.74, 6) is 1.99. The van der Waals surface area contributed by atoms with Crippen molar-refractivity contribution in [1.29, 1.82) is 0 Å². The second-order valence-electron chi connectivity index (χ2n) is 5.98. The van der Waals surface area contributed by atoms with Crippen LogP contribution in [0, 0.1) is 5.92 Å². The molecule has 1 saturated carbocycles. The predicted molar refractivity (Wildman–Crippen MR) is 88.5 cm³/mol. The number of nitrogens with one attached hydrogen (secondary N) is 1. The van der Waals surface area contributed by atoms with Crippen LogP contribution in [-0.4, -0.2) is 10.1 Å². The van der Waals surface area contributed by atoms with Gasteiger partial charge in [-0.05, 0) is 24.3 Å². The van der Waals surface area contributed by atoms with E-state index in [1.165, 1.54) is 18.4 Å². The van der Waals surface area contributed by atoms with E-state index in [1.54, 1.807) is 0 Å². The Morgan fingerprint density at radius 3 is 2.39 bits per heavy atom. The summed E-state index contributed by atoms with van der Waals surface area (Å²) in [7, 11) is 0. The summed E-state index contributed by atoms with van der Waals surface area (Å²) in [4.78, 5) is 4.49. The van der Waals surface area contributed by atoms with E-state index in [0.29, 0.717) is 30.2 Å². The summed E-state index contributed by atoms with van der Waals surface area (Å²) in [5.41, 5.74) is 2.31. The molecule has 0 saturated heterocycles. The lowest BCUT2D eigenvalue weighted by Crippen LogP contribution is -2.22. The van der Waals surface area contributed by atoms with Crippen LogP contribution in [0.5, 0.6) is 0 Å². The molecule has 2 aromatic carbocycles. The van der Waals surface area contributed by atoms with Gasteiger partial charge in [-0.1, -0.05) is 65.8 Å². The van der Waals surface area contributed by atoms with Gasteiger partial charge in [-0.25, -0.2) is 0 Å². The second-order valence-corrected chi connectivity index (χ2v) is 5.98. The molecule has 0 amide bonds. The molecule has 0 radical (unpaired) electrons. The molecule has 0 bridgehead atoms. The van der Waals surface area contributed by atoms with Crippen molar-refractivity contribution in [2.24, 2.45) is 5.92 Å². The first-order chi connectivity index (χ1) is 11.4. The second kappa shape index (κ2) is 6.34. The molecular formula is C19H19N3O. The Kier molecular flexibility index (Phi) is 3.90. The number of aromatic nitrogens is 2. The highest BCUT2D eigenvalue weighted by molar-refractivity contribution is 5.53. The maximum Gasteiger partial charge on any atom is 0.240 e. The lowest BCUT2D eigenvalue weighted by Gasteiger charge is -2.17. The third kappa shape index (κ3) is 3.32. The van der Waals surface area contributed by atoms with E-state index < -0.39 is 0 Å². The van der Waals surface area contributed by atoms with Gasteiger partial charge in [0.1, 0.15) is 0 Å². The number of rotatable bonds is 6. The zero-order chi connectivity index (χ0) is 15.5. The summed E-state index contributed by atoms with van der Waals surface area (Å²) in [5, 5.41) is 7.65. The molecule has 23 heavy (non-hydrogen) atoms. The van der Waals surface area contributed by atoms with Crippen LogP contribution in [0.2, 0.25) is 0 Å². The van der Waals surface area contributed by atoms with Crippen LogP contribution in [0.4, 0.5) is 0 Å². The van der Waals surface area contributed by atoms with Gasteiger partial charge in [0.05, 0.1) is 6.54 Å². The van der Waals surface area contributed by atoms with Gasteiger partial charge in [-0.2, -0.15) is 4.98 Å². The van der Waals surface area contributed by atoms with Gasteiger partial charge < -0.3 is 9.84 Å². The minimum Gasteiger partial charge on any atom is -0.338 e. The Hall–Kier alpha value is -2.46. The number of hydrogen-bond donors (Lipinski definition) is 1. The fourth-order valence-electron chi connectivity index (χ4n) is 2.88. The van der Waals surface area contributed by atoms with Crippen molar-refractivity contribution in [2.75, 3.05) is 0 Å². The molecule has 4 nitrogen and oxygen atoms in total. The number of nitrogens with zero attached hydrogens (tertiary/aromatic N) is 2. The van der Waals surface area contributed by atoms with E-state index in [1.807, 2.05) is 30.3 Å². The molecule has 1 unspecified atom stereocenters. The fourth-order valence-corrected chi connectivity index (χ4v) is 2.88. The van der Waals surface area contributed by atoms with Crippen molar-refractivity contribution in [3.63, 3.8) is 0 Å². The summed E-state index contributed by atoms with van der Waals surface area (Å²) >= 11 is 0. The molecule has 1 aromatic heterocycles. The van der Waals surface area contributed by atoms with Crippen molar-refractivity contribution in [3.05, 3.63) is 72.1 Å². The van der Waals surface area contributed by atoms with Gasteiger partial charge in [0.2, 0.25) is 11.7 Å². The first-order valence-corrected chi connectivity index (χ1v) is 8.06. The van der Waals surface area contributed by atoms with Crippen molar-refractivity contribution in [1.82, 2.24) is 15.5 Å². The largest absolute Gasteiger partial charge is 0.338 e. The van der Waals surface area contributed by atoms with Crippen molar-refractivity contribution in [2.45, 2.75) is 25.4 Å². The van der Waals surface area contributed by atoms with Crippen LogP contribution in [0.1, 0.15) is 30.3 Å². The van der Waals surface area contributed by atoms with E-state index >= 15 is 0 Å². The summed E-state index contributed by atoms with van der Waals surface area (Å²) in [6, 6.07) is 20.9. The summed E-state index contributed by atoms with van der Waals surface area (Å²) in [6.07, 6.45) is 2.57. The molecule has 1 atom stereocenters. The first kappa shape index (κ1) is 14.2. The van der Waals surface area contributed by atoms with Gasteiger partial charge in [0.15, 0.2) is 0 Å². The topological polar surface area (TPSA) is 51.0 Å². The van der Waals surface area contributed by atoms with Crippen LogP contribution in [0.15, 0.2) is 65.2 Å². The predicted octanol–water partition coefficient (Wildman–Crippen LogP) is 3.98. The van der Waals surface area contributed by atoms with Gasteiger partial charge in [-0.15, -0.1) is 0 Å². The third-order valence-electron chi connectivity index (χ3n) is 4.23. The smallest absolute Gasteiger partial charge is 0.240 e. The Labute approximate surface area is 135 Å². The monoisotopic (exact) mass is 305 g/mol. The maximum absolute atomic E-state index is 5.38. The molecule has 4 rings (SSSR count). The quantitative estimate of drug-likeness (QED) is 0.748. The van der Waals surface area contributed by atoms with Gasteiger partial charge in [0, 0.05) is 11.6 Å². The molecular weight excluding hydrogens is 286 g/mol. The molecule has 116 valence electrons. The number of benzene rings is 2. The molecule has 1 aliphatic rings. The van der Waals surface area contributed by atoms with Crippen LogP contribution in [0.3, 0.4) is 0 Å². The molecule has 0 spiro atoms. The van der Waals surface area contributed by atoms with E-state index in [2.05, 4.69) is 45.8 Å². The third-order valence-corrected chi connectivity index (χ3v) is 4.23. The summed E-state index contributed by atoms with van der Waals surface area (Å²) in [6.45, 7) is 0.593. The Morgan fingerprint density at radius 2 is 1.70 bits per heavy atom. The highest BCUT2D eigenvalue weighted by Crippen LogP contribution is 2.41. The minimum atomic E-state index is 0.364. The Bertz CT molecular complexity index is 751. The average Bonchev–Trinajstić information content (AvgIpc) is 3.34. The van der Waals surface area contributed by atoms with Crippen LogP contribution < -0.4 is 5.32 Å². The van der Waals surface area contributed by atoms with E-state index in [4.69, 9.17) is 4.52 Å². The van der Waals surface area contributed by atoms with Gasteiger partial charge in [-0.3, -0.25) is 0 Å². The lowest BCUT2D eigenvalue weighted by atomic mass is 10.0. The van der Waals surface area contributed by atoms with Gasteiger partial charge in [0.25, 0.3) is 0 Å². The van der Waals surface area contributed by atoms with Crippen molar-refractivity contribution < 1.29 is 4.52 Å². The number of hydrogen-bond acceptors (Lipinski definition) is 4. The average molecular weight is 305 g/mol. The van der Waals surface area contributed by atoms with Gasteiger partial charge >= 0.3 is 0 Å². The first-order valence-electron chi connectivity index (χ1n) is 8.06. The zero-order valence-electron chi connectivity index (χ0n) is 12.9. The van der Waals surface area contributed by atoms with E-state index in [-0.39, 0.29) is 0 Å². The molecule has 1 aliphatic carbocycles. The Balaban J connectivity index is 1.45. The van der Waals surface area contributed by atoms with Crippen LogP contribution >= 0.6 is 0 Å². The SMILES string of the molecule is c1ccc(-c2noc(CNC(c3ccccc3)C3CC3)n2)cc1. The minimum absolute atomic E-state index is 0.364. The molecule has 1 N–H and O–H groups in total. The highest BCUT2D eigenvalue weighted by Gasteiger charge is 2.32. The van der Waals surface area contributed by atoms with E-state index in [0.717, 1.165) is 5.56 Å². The molecule has 3 aromatic rings. The van der Waals surface area contributed by atoms with Crippen LogP contribution in [0.25, 0.3) is 11.4 Å². The zero-order valence-corrected chi connectivity index (χ0v) is 12.9. The van der Waals surface area contributed by atoms with E-state index in [9.17, 15) is 0 Å². The van der Waals surface area contributed by atoms with Crippen molar-refractivity contribution in [3.8, 4) is 11.4 Å². The molecule has 1 fully saturated rings. The normalized spacial score (nSPS) is 15.5. The molecule has 4 heteroatoms. The van der Waals surface area contributed by atoms with Crippen LogP contribution in [-0.2, 0) is 6.54 Å². The standard InChI is InChI=1S/C19H19N3O/c1-3-7-14(8-4-1)18(15-11-12-15)20-13-17-21-19(22-23-17)16-9-5-2-6-10-16/h1-10,15,18,20H,11-13H2. The molecule has 1 heterocycles. The maximum atomic E-state index is 5.38. The Morgan fingerprint density at radius 1 is 1.00 bits per heavy atom. The fraction of sp³-hybridized carbons (Fsp3) is 0.263. The summed E-state index contributed by atoms with van der Waals surface area (Å²) < 4.78 is 5.38. The van der Waals surface area contributed by atoms with Crippen molar-refractivity contribution >= 4 is 0 Å². The highest BCUT2D eigenvalue weighted by atomic mass is 16.5. The molecule has 0 aliphatic heterocycles.